The molecule has 0 aliphatic carbocycles. The first-order valence-electron chi connectivity index (χ1n) is 7.92. The molecular formula is C17H23N5O3. The molecule has 8 nitrogen and oxygen atoms in total. The number of hydrogen-bond donors (Lipinski definition) is 2. The average Bonchev–Trinajstić information content (AvgIpc) is 3.04. The van der Waals surface area contributed by atoms with Crippen molar-refractivity contribution in [1.29, 1.82) is 0 Å². The molecule has 0 atom stereocenters. The smallest absolute Gasteiger partial charge is 0.321 e. The maximum atomic E-state index is 11.8. The third-order valence-corrected chi connectivity index (χ3v) is 3.37. The molecule has 8 heteroatoms. The van der Waals surface area contributed by atoms with Crippen LogP contribution in [0.25, 0.3) is 5.69 Å². The van der Waals surface area contributed by atoms with Crippen LogP contribution in [0, 0.1) is 0 Å². The van der Waals surface area contributed by atoms with Crippen molar-refractivity contribution in [3.05, 3.63) is 48.3 Å². The number of rotatable bonds is 8. The van der Waals surface area contributed by atoms with Gasteiger partial charge in [-0.3, -0.25) is 15.0 Å². The zero-order valence-corrected chi connectivity index (χ0v) is 14.4. The second kappa shape index (κ2) is 9.55. The van der Waals surface area contributed by atoms with Gasteiger partial charge >= 0.3 is 6.03 Å². The summed E-state index contributed by atoms with van der Waals surface area (Å²) >= 11 is 0. The summed E-state index contributed by atoms with van der Waals surface area (Å²) in [5.41, 5.74) is 1.95. The molecule has 1 aromatic carbocycles. The molecule has 0 fully saturated rings. The lowest BCUT2D eigenvalue weighted by Gasteiger charge is -2.15. The molecule has 0 unspecified atom stereocenters. The number of hydrogen-bond acceptors (Lipinski definition) is 5. The Morgan fingerprint density at radius 3 is 2.76 bits per heavy atom. The normalized spacial score (nSPS) is 10.7. The van der Waals surface area contributed by atoms with E-state index in [9.17, 15) is 9.59 Å². The van der Waals surface area contributed by atoms with Gasteiger partial charge in [0, 0.05) is 32.0 Å². The van der Waals surface area contributed by atoms with Crippen LogP contribution in [-0.2, 0) is 16.1 Å². The lowest BCUT2D eigenvalue weighted by atomic mass is 10.3. The van der Waals surface area contributed by atoms with Crippen molar-refractivity contribution >= 4 is 11.9 Å². The SMILES string of the molecule is COCCNC(=O)NC(=O)CN(C)Cc1cnn(-c2ccccc2)c1. The molecule has 0 aliphatic rings. The Morgan fingerprint density at radius 1 is 1.28 bits per heavy atom. The molecule has 0 aliphatic heterocycles. The Bertz CT molecular complexity index is 687. The van der Waals surface area contributed by atoms with Crippen molar-refractivity contribution in [2.45, 2.75) is 6.54 Å². The van der Waals surface area contributed by atoms with E-state index in [1.54, 1.807) is 18.0 Å². The van der Waals surface area contributed by atoms with Crippen molar-refractivity contribution in [3.63, 3.8) is 0 Å². The van der Waals surface area contributed by atoms with Crippen LogP contribution >= 0.6 is 0 Å². The highest BCUT2D eigenvalue weighted by Crippen LogP contribution is 2.08. The average molecular weight is 345 g/mol. The maximum Gasteiger partial charge on any atom is 0.321 e. The zero-order chi connectivity index (χ0) is 18.1. The predicted molar refractivity (Wildman–Crippen MR) is 93.3 cm³/mol. The maximum absolute atomic E-state index is 11.8. The van der Waals surface area contributed by atoms with Crippen LogP contribution in [0.4, 0.5) is 4.79 Å². The van der Waals surface area contributed by atoms with Crippen molar-refractivity contribution in [3.8, 4) is 5.69 Å². The highest BCUT2D eigenvalue weighted by molar-refractivity contribution is 5.95. The fourth-order valence-electron chi connectivity index (χ4n) is 2.25. The van der Waals surface area contributed by atoms with E-state index < -0.39 is 6.03 Å². The minimum atomic E-state index is -0.521. The van der Waals surface area contributed by atoms with Gasteiger partial charge in [0.2, 0.25) is 5.91 Å². The Balaban J connectivity index is 1.78. The van der Waals surface area contributed by atoms with E-state index in [1.807, 2.05) is 48.5 Å². The number of carbonyl (C=O) groups is 2. The van der Waals surface area contributed by atoms with Crippen molar-refractivity contribution in [1.82, 2.24) is 25.3 Å². The van der Waals surface area contributed by atoms with Crippen LogP contribution in [0.15, 0.2) is 42.7 Å². The molecule has 0 spiro atoms. The Hall–Kier alpha value is -2.71. The van der Waals surface area contributed by atoms with Gasteiger partial charge < -0.3 is 10.1 Å². The van der Waals surface area contributed by atoms with Crippen molar-refractivity contribution < 1.29 is 14.3 Å². The van der Waals surface area contributed by atoms with Gasteiger partial charge in [0.25, 0.3) is 0 Å². The molecule has 3 amide bonds. The fourth-order valence-corrected chi connectivity index (χ4v) is 2.25. The van der Waals surface area contributed by atoms with Crippen LogP contribution < -0.4 is 10.6 Å². The highest BCUT2D eigenvalue weighted by atomic mass is 16.5. The number of methoxy groups -OCH3 is 1. The van der Waals surface area contributed by atoms with Gasteiger partial charge in [-0.15, -0.1) is 0 Å². The van der Waals surface area contributed by atoms with Gasteiger partial charge in [-0.05, 0) is 19.2 Å². The van der Waals surface area contributed by atoms with Crippen molar-refractivity contribution in [2.75, 3.05) is 33.9 Å². The standard InChI is InChI=1S/C17H23N5O3/c1-21(13-16(23)20-17(24)18-8-9-25-2)11-14-10-19-22(12-14)15-6-4-3-5-7-15/h3-7,10,12H,8-9,11,13H2,1-2H3,(H2,18,20,23,24). The molecule has 1 aromatic heterocycles. The first-order valence-corrected chi connectivity index (χ1v) is 7.92. The first kappa shape index (κ1) is 18.6. The predicted octanol–water partition coefficient (Wildman–Crippen LogP) is 0.776. The topological polar surface area (TPSA) is 88.5 Å². The van der Waals surface area contributed by atoms with E-state index in [4.69, 9.17) is 4.74 Å². The van der Waals surface area contributed by atoms with Crippen LogP contribution in [0.1, 0.15) is 5.56 Å². The van der Waals surface area contributed by atoms with Crippen LogP contribution in [-0.4, -0.2) is 60.5 Å². The second-order valence-corrected chi connectivity index (χ2v) is 5.60. The summed E-state index contributed by atoms with van der Waals surface area (Å²) in [7, 11) is 3.35. The number of carbonyl (C=O) groups excluding carboxylic acids is 2. The lowest BCUT2D eigenvalue weighted by Crippen LogP contribution is -2.44. The summed E-state index contributed by atoms with van der Waals surface area (Å²) < 4.78 is 6.60. The van der Waals surface area contributed by atoms with Crippen LogP contribution in [0.3, 0.4) is 0 Å². The molecule has 1 heterocycles. The highest BCUT2D eigenvalue weighted by Gasteiger charge is 2.11. The summed E-state index contributed by atoms with van der Waals surface area (Å²) in [6.07, 6.45) is 3.68. The molecule has 2 aromatic rings. The Morgan fingerprint density at radius 2 is 2.04 bits per heavy atom. The number of amides is 3. The number of aromatic nitrogens is 2. The monoisotopic (exact) mass is 345 g/mol. The number of ether oxygens (including phenoxy) is 1. The Kier molecular flexibility index (Phi) is 7.12. The molecule has 0 saturated carbocycles. The van der Waals surface area contributed by atoms with Gasteiger partial charge in [0.15, 0.2) is 0 Å². The summed E-state index contributed by atoms with van der Waals surface area (Å²) in [4.78, 5) is 25.2. The third kappa shape index (κ3) is 6.36. The molecule has 2 N–H and O–H groups in total. The minimum absolute atomic E-state index is 0.105. The van der Waals surface area contributed by atoms with Crippen LogP contribution in [0.5, 0.6) is 0 Å². The van der Waals surface area contributed by atoms with E-state index in [-0.39, 0.29) is 12.5 Å². The fraction of sp³-hybridized carbons (Fsp3) is 0.353. The number of para-hydroxylation sites is 1. The number of benzene rings is 1. The third-order valence-electron chi connectivity index (χ3n) is 3.37. The summed E-state index contributed by atoms with van der Waals surface area (Å²) in [5.74, 6) is -0.368. The zero-order valence-electron chi connectivity index (χ0n) is 14.4. The molecule has 0 radical (unpaired) electrons. The summed E-state index contributed by atoms with van der Waals surface area (Å²) in [6, 6.07) is 9.26. The number of likely N-dealkylation sites (N-methyl/N-ethyl adjacent to an activating group) is 1. The largest absolute Gasteiger partial charge is 0.383 e. The van der Waals surface area contributed by atoms with Gasteiger partial charge in [0.05, 0.1) is 25.0 Å². The van der Waals surface area contributed by atoms with Gasteiger partial charge in [-0.25, -0.2) is 9.48 Å². The number of imide groups is 1. The van der Waals surface area contributed by atoms with E-state index in [2.05, 4.69) is 15.7 Å². The molecular weight excluding hydrogens is 322 g/mol. The van der Waals surface area contributed by atoms with Gasteiger partial charge in [-0.2, -0.15) is 5.10 Å². The summed E-state index contributed by atoms with van der Waals surface area (Å²) in [5, 5.41) is 9.13. The molecule has 2 rings (SSSR count). The van der Waals surface area contributed by atoms with E-state index in [0.29, 0.717) is 19.7 Å². The molecule has 134 valence electrons. The van der Waals surface area contributed by atoms with Crippen molar-refractivity contribution in [2.24, 2.45) is 0 Å². The number of urea groups is 1. The molecule has 25 heavy (non-hydrogen) atoms. The molecule has 0 bridgehead atoms. The van der Waals surface area contributed by atoms with E-state index in [1.165, 1.54) is 0 Å². The van der Waals surface area contributed by atoms with Gasteiger partial charge in [-0.1, -0.05) is 18.2 Å². The second-order valence-electron chi connectivity index (χ2n) is 5.60. The number of nitrogens with zero attached hydrogens (tertiary/aromatic N) is 3. The van der Waals surface area contributed by atoms with Gasteiger partial charge in [0.1, 0.15) is 0 Å². The Labute approximate surface area is 146 Å². The van der Waals surface area contributed by atoms with E-state index >= 15 is 0 Å². The van der Waals surface area contributed by atoms with E-state index in [0.717, 1.165) is 11.3 Å². The minimum Gasteiger partial charge on any atom is -0.383 e. The quantitative estimate of drug-likeness (QED) is 0.690. The van der Waals surface area contributed by atoms with Crippen LogP contribution in [0.2, 0.25) is 0 Å². The summed E-state index contributed by atoms with van der Waals surface area (Å²) in [6.45, 7) is 1.40. The molecule has 0 saturated heterocycles. The number of nitrogens with one attached hydrogen (secondary N) is 2. The lowest BCUT2D eigenvalue weighted by molar-refractivity contribution is -0.120. The first-order chi connectivity index (χ1) is 12.1.